The van der Waals surface area contributed by atoms with Gasteiger partial charge in [-0.3, -0.25) is 0 Å². The van der Waals surface area contributed by atoms with E-state index < -0.39 is 0 Å². The highest BCUT2D eigenvalue weighted by Gasteiger charge is 2.07. The van der Waals surface area contributed by atoms with Crippen molar-refractivity contribution in [3.05, 3.63) is 47.8 Å². The zero-order chi connectivity index (χ0) is 13.0. The van der Waals surface area contributed by atoms with Crippen LogP contribution >= 0.6 is 0 Å². The molecule has 2 rings (SSSR count). The average molecular weight is 236 g/mol. The molecule has 0 aliphatic heterocycles. The van der Waals surface area contributed by atoms with Crippen LogP contribution in [0, 0.1) is 22.7 Å². The highest BCUT2D eigenvalue weighted by Crippen LogP contribution is 2.29. The van der Waals surface area contributed by atoms with Gasteiger partial charge in [0.25, 0.3) is 0 Å². The number of nitrogen functional groups attached to an aromatic ring is 1. The number of benzene rings is 1. The lowest BCUT2D eigenvalue weighted by atomic mass is 10.2. The van der Waals surface area contributed by atoms with Gasteiger partial charge in [-0.25, -0.2) is 4.98 Å². The normalized spacial score (nSPS) is 9.22. The summed E-state index contributed by atoms with van der Waals surface area (Å²) in [4.78, 5) is 3.88. The summed E-state index contributed by atoms with van der Waals surface area (Å²) >= 11 is 0. The van der Waals surface area contributed by atoms with Crippen molar-refractivity contribution in [1.29, 1.82) is 10.5 Å². The molecule has 0 aliphatic rings. The zero-order valence-electron chi connectivity index (χ0n) is 9.29. The molecule has 0 saturated carbocycles. The maximum absolute atomic E-state index is 8.88. The molecular weight excluding hydrogens is 228 g/mol. The fourth-order valence-electron chi connectivity index (χ4n) is 1.39. The van der Waals surface area contributed by atoms with Gasteiger partial charge in [0.2, 0.25) is 0 Å². The van der Waals surface area contributed by atoms with Gasteiger partial charge in [-0.15, -0.1) is 0 Å². The second-order valence-corrected chi connectivity index (χ2v) is 3.43. The Balaban J connectivity index is 2.36. The van der Waals surface area contributed by atoms with Gasteiger partial charge in [-0.05, 0) is 30.3 Å². The van der Waals surface area contributed by atoms with E-state index in [4.69, 9.17) is 21.0 Å². The Labute approximate surface area is 104 Å². The minimum absolute atomic E-state index is 0.182. The number of hydrogen-bond donors (Lipinski definition) is 1. The number of anilines is 1. The molecule has 0 amide bonds. The van der Waals surface area contributed by atoms with E-state index in [1.54, 1.807) is 24.3 Å². The number of nitrogens with zero attached hydrogens (tertiary/aromatic N) is 3. The van der Waals surface area contributed by atoms with Gasteiger partial charge in [0.05, 0.1) is 17.3 Å². The molecule has 2 aromatic rings. The van der Waals surface area contributed by atoms with E-state index in [1.807, 2.05) is 12.1 Å². The van der Waals surface area contributed by atoms with Gasteiger partial charge < -0.3 is 10.5 Å². The van der Waals surface area contributed by atoms with Crippen molar-refractivity contribution < 1.29 is 4.74 Å². The molecule has 18 heavy (non-hydrogen) atoms. The van der Waals surface area contributed by atoms with Crippen LogP contribution in [0.25, 0.3) is 0 Å². The zero-order valence-corrected chi connectivity index (χ0v) is 9.29. The highest BCUT2D eigenvalue weighted by molar-refractivity contribution is 5.58. The second kappa shape index (κ2) is 4.86. The van der Waals surface area contributed by atoms with Gasteiger partial charge in [-0.2, -0.15) is 10.5 Å². The van der Waals surface area contributed by atoms with Crippen LogP contribution in [-0.2, 0) is 0 Å². The summed E-state index contributed by atoms with van der Waals surface area (Å²) in [5, 5.41) is 17.6. The Bertz CT molecular complexity index is 667. The Kier molecular flexibility index (Phi) is 3.08. The van der Waals surface area contributed by atoms with Crippen LogP contribution in [0.3, 0.4) is 0 Å². The van der Waals surface area contributed by atoms with Crippen LogP contribution in [0.5, 0.6) is 11.5 Å². The third-order valence-corrected chi connectivity index (χ3v) is 2.24. The van der Waals surface area contributed by atoms with Crippen molar-refractivity contribution in [1.82, 2.24) is 4.98 Å². The molecule has 0 aliphatic carbocycles. The number of pyridine rings is 1. The van der Waals surface area contributed by atoms with Crippen molar-refractivity contribution in [2.75, 3.05) is 5.73 Å². The van der Waals surface area contributed by atoms with Gasteiger partial charge >= 0.3 is 0 Å². The van der Waals surface area contributed by atoms with E-state index in [1.165, 1.54) is 12.3 Å². The molecular formula is C13H8N4O. The SMILES string of the molecule is N#Cc1ccc(Oc2cccnc2C#N)c(N)c1. The van der Waals surface area contributed by atoms with Crippen molar-refractivity contribution in [3.8, 4) is 23.6 Å². The fourth-order valence-corrected chi connectivity index (χ4v) is 1.39. The topological polar surface area (TPSA) is 95.7 Å². The van der Waals surface area contributed by atoms with Crippen LogP contribution in [0.2, 0.25) is 0 Å². The first-order valence-corrected chi connectivity index (χ1v) is 5.07. The Morgan fingerprint density at radius 3 is 2.61 bits per heavy atom. The van der Waals surface area contributed by atoms with Crippen LogP contribution in [0.4, 0.5) is 5.69 Å². The monoisotopic (exact) mass is 236 g/mol. The van der Waals surface area contributed by atoms with E-state index in [-0.39, 0.29) is 5.69 Å². The molecule has 5 nitrogen and oxygen atoms in total. The lowest BCUT2D eigenvalue weighted by Gasteiger charge is -2.08. The molecule has 0 bridgehead atoms. The van der Waals surface area contributed by atoms with E-state index >= 15 is 0 Å². The summed E-state index contributed by atoms with van der Waals surface area (Å²) in [5.74, 6) is 0.718. The smallest absolute Gasteiger partial charge is 0.183 e. The molecule has 0 unspecified atom stereocenters. The Morgan fingerprint density at radius 2 is 1.94 bits per heavy atom. The van der Waals surface area contributed by atoms with Crippen LogP contribution in [-0.4, -0.2) is 4.98 Å². The van der Waals surface area contributed by atoms with Crippen LogP contribution < -0.4 is 10.5 Å². The minimum atomic E-state index is 0.182. The largest absolute Gasteiger partial charge is 0.452 e. The summed E-state index contributed by atoms with van der Waals surface area (Å²) in [5.41, 5.74) is 6.72. The summed E-state index contributed by atoms with van der Waals surface area (Å²) in [6.07, 6.45) is 1.51. The van der Waals surface area contributed by atoms with Crippen molar-refractivity contribution >= 4 is 5.69 Å². The van der Waals surface area contributed by atoms with Crippen molar-refractivity contribution in [2.45, 2.75) is 0 Å². The average Bonchev–Trinajstić information content (AvgIpc) is 2.41. The first kappa shape index (κ1) is 11.4. The van der Waals surface area contributed by atoms with Gasteiger partial charge in [0, 0.05) is 6.20 Å². The molecule has 1 heterocycles. The first-order chi connectivity index (χ1) is 8.74. The van der Waals surface area contributed by atoms with Gasteiger partial charge in [-0.1, -0.05) is 0 Å². The molecule has 2 N–H and O–H groups in total. The van der Waals surface area contributed by atoms with Gasteiger partial charge in [0.15, 0.2) is 17.2 Å². The van der Waals surface area contributed by atoms with E-state index in [2.05, 4.69) is 4.98 Å². The molecule has 5 heteroatoms. The highest BCUT2D eigenvalue weighted by atomic mass is 16.5. The summed E-state index contributed by atoms with van der Waals surface area (Å²) in [6, 6.07) is 11.9. The summed E-state index contributed by atoms with van der Waals surface area (Å²) in [6.45, 7) is 0. The predicted octanol–water partition coefficient (Wildman–Crippen LogP) is 2.20. The predicted molar refractivity (Wildman–Crippen MR) is 64.6 cm³/mol. The second-order valence-electron chi connectivity index (χ2n) is 3.43. The van der Waals surface area contributed by atoms with Crippen LogP contribution in [0.1, 0.15) is 11.3 Å². The third kappa shape index (κ3) is 2.21. The van der Waals surface area contributed by atoms with Crippen LogP contribution in [0.15, 0.2) is 36.5 Å². The number of ether oxygens (including phenoxy) is 1. The lowest BCUT2D eigenvalue weighted by Crippen LogP contribution is -1.95. The molecule has 0 spiro atoms. The van der Waals surface area contributed by atoms with E-state index in [0.717, 1.165) is 0 Å². The molecule has 0 fully saturated rings. The fraction of sp³-hybridized carbons (Fsp3) is 0. The molecule has 1 aromatic heterocycles. The molecule has 0 radical (unpaired) electrons. The lowest BCUT2D eigenvalue weighted by molar-refractivity contribution is 0.480. The number of nitriles is 2. The molecule has 86 valence electrons. The standard InChI is InChI=1S/C13H8N4O/c14-7-9-3-4-12(10(16)6-9)18-13-2-1-5-17-11(13)8-15/h1-6H,16H2. The first-order valence-electron chi connectivity index (χ1n) is 5.07. The van der Waals surface area contributed by atoms with Crippen molar-refractivity contribution in [3.63, 3.8) is 0 Å². The van der Waals surface area contributed by atoms with Crippen molar-refractivity contribution in [2.24, 2.45) is 0 Å². The summed E-state index contributed by atoms with van der Waals surface area (Å²) in [7, 11) is 0. The Morgan fingerprint density at radius 1 is 1.11 bits per heavy atom. The van der Waals surface area contributed by atoms with Gasteiger partial charge in [0.1, 0.15) is 6.07 Å². The number of nitrogens with two attached hydrogens (primary N) is 1. The maximum atomic E-state index is 8.88. The van der Waals surface area contributed by atoms with E-state index in [0.29, 0.717) is 22.7 Å². The number of rotatable bonds is 2. The van der Waals surface area contributed by atoms with E-state index in [9.17, 15) is 0 Å². The minimum Gasteiger partial charge on any atom is -0.452 e. The Hall–Kier alpha value is -3.05. The third-order valence-electron chi connectivity index (χ3n) is 2.24. The number of hydrogen-bond acceptors (Lipinski definition) is 5. The quantitative estimate of drug-likeness (QED) is 0.806. The molecule has 1 aromatic carbocycles. The number of aromatic nitrogens is 1. The molecule has 0 atom stereocenters. The maximum Gasteiger partial charge on any atom is 0.183 e. The summed E-state index contributed by atoms with van der Waals surface area (Å²) < 4.78 is 5.51. The molecule has 0 saturated heterocycles.